The van der Waals surface area contributed by atoms with E-state index in [1.807, 2.05) is 18.7 Å². The summed E-state index contributed by atoms with van der Waals surface area (Å²) in [6, 6.07) is 0.491. The Balaban J connectivity index is 3.68. The molecule has 4 heteroatoms. The van der Waals surface area contributed by atoms with Gasteiger partial charge in [0, 0.05) is 32.2 Å². The summed E-state index contributed by atoms with van der Waals surface area (Å²) in [5.41, 5.74) is 0. The molecule has 0 aromatic heterocycles. The van der Waals surface area contributed by atoms with E-state index in [9.17, 15) is 4.79 Å². The van der Waals surface area contributed by atoms with Crippen molar-refractivity contribution in [2.75, 3.05) is 32.8 Å². The Bertz CT molecular complexity index is 196. The van der Waals surface area contributed by atoms with E-state index in [1.54, 1.807) is 0 Å². The summed E-state index contributed by atoms with van der Waals surface area (Å²) in [7, 11) is 0. The van der Waals surface area contributed by atoms with Gasteiger partial charge >= 0.3 is 0 Å². The van der Waals surface area contributed by atoms with E-state index in [0.717, 1.165) is 19.5 Å². The summed E-state index contributed by atoms with van der Waals surface area (Å²) >= 11 is 0. The minimum atomic E-state index is 0.234. The Morgan fingerprint density at radius 1 is 1.35 bits per heavy atom. The van der Waals surface area contributed by atoms with Crippen LogP contribution in [-0.2, 0) is 9.53 Å². The third kappa shape index (κ3) is 9.12. The molecular formula is C13H28N2O2. The number of nitrogens with one attached hydrogen (secondary N) is 1. The highest BCUT2D eigenvalue weighted by Crippen LogP contribution is 1.98. The van der Waals surface area contributed by atoms with Crippen molar-refractivity contribution in [3.63, 3.8) is 0 Å². The monoisotopic (exact) mass is 244 g/mol. The van der Waals surface area contributed by atoms with Crippen molar-refractivity contribution in [1.29, 1.82) is 0 Å². The Morgan fingerprint density at radius 3 is 2.59 bits per heavy atom. The predicted molar refractivity (Wildman–Crippen MR) is 71.1 cm³/mol. The third-order valence-corrected chi connectivity index (χ3v) is 2.56. The van der Waals surface area contributed by atoms with E-state index in [4.69, 9.17) is 4.74 Å². The minimum Gasteiger partial charge on any atom is -0.380 e. The second-order valence-electron chi connectivity index (χ2n) is 4.38. The van der Waals surface area contributed by atoms with Crippen LogP contribution < -0.4 is 5.32 Å². The Kier molecular flexibility index (Phi) is 10.2. The molecule has 0 bridgehead atoms. The minimum absolute atomic E-state index is 0.234. The van der Waals surface area contributed by atoms with Gasteiger partial charge in [0.05, 0.1) is 6.61 Å². The van der Waals surface area contributed by atoms with Crippen LogP contribution in [0.15, 0.2) is 0 Å². The second-order valence-corrected chi connectivity index (χ2v) is 4.38. The first kappa shape index (κ1) is 16.4. The lowest BCUT2D eigenvalue weighted by molar-refractivity contribution is -0.131. The van der Waals surface area contributed by atoms with Crippen LogP contribution in [0.3, 0.4) is 0 Å². The van der Waals surface area contributed by atoms with Crippen LogP contribution in [0.5, 0.6) is 0 Å². The largest absolute Gasteiger partial charge is 0.380 e. The van der Waals surface area contributed by atoms with Gasteiger partial charge in [0.2, 0.25) is 5.91 Å². The number of hydrogen-bond acceptors (Lipinski definition) is 3. The average Bonchev–Trinajstić information content (AvgIpc) is 2.30. The van der Waals surface area contributed by atoms with Gasteiger partial charge in [-0.1, -0.05) is 13.8 Å². The number of likely N-dealkylation sites (N-methyl/N-ethyl adjacent to an activating group) is 1. The summed E-state index contributed by atoms with van der Waals surface area (Å²) < 4.78 is 5.27. The molecule has 0 aromatic rings. The quantitative estimate of drug-likeness (QED) is 0.594. The first-order valence-corrected chi connectivity index (χ1v) is 6.70. The average molecular weight is 244 g/mol. The van der Waals surface area contributed by atoms with Gasteiger partial charge < -0.3 is 15.0 Å². The van der Waals surface area contributed by atoms with Gasteiger partial charge in [0.15, 0.2) is 0 Å². The lowest BCUT2D eigenvalue weighted by atomic mass is 10.2. The maximum atomic E-state index is 11.9. The van der Waals surface area contributed by atoms with Crippen LogP contribution in [0.2, 0.25) is 0 Å². The van der Waals surface area contributed by atoms with Crippen LogP contribution in [-0.4, -0.2) is 49.7 Å². The topological polar surface area (TPSA) is 41.6 Å². The fourth-order valence-electron chi connectivity index (χ4n) is 1.57. The lowest BCUT2D eigenvalue weighted by Crippen LogP contribution is -2.34. The van der Waals surface area contributed by atoms with Crippen LogP contribution in [0.25, 0.3) is 0 Å². The van der Waals surface area contributed by atoms with Crippen molar-refractivity contribution in [3.05, 3.63) is 0 Å². The van der Waals surface area contributed by atoms with Gasteiger partial charge in [-0.25, -0.2) is 0 Å². The smallest absolute Gasteiger partial charge is 0.222 e. The highest BCUT2D eigenvalue weighted by Gasteiger charge is 2.10. The van der Waals surface area contributed by atoms with E-state index in [1.165, 1.54) is 0 Å². The van der Waals surface area contributed by atoms with Crippen LogP contribution in [0, 0.1) is 0 Å². The van der Waals surface area contributed by atoms with E-state index in [0.29, 0.717) is 32.2 Å². The van der Waals surface area contributed by atoms with Crippen molar-refractivity contribution >= 4 is 5.91 Å². The van der Waals surface area contributed by atoms with Crippen molar-refractivity contribution in [2.45, 2.75) is 46.6 Å². The highest BCUT2D eigenvalue weighted by atomic mass is 16.5. The van der Waals surface area contributed by atoms with E-state index in [2.05, 4.69) is 19.2 Å². The van der Waals surface area contributed by atoms with Gasteiger partial charge in [-0.3, -0.25) is 4.79 Å². The second kappa shape index (κ2) is 10.5. The number of ether oxygens (including phenoxy) is 1. The molecule has 0 unspecified atom stereocenters. The standard InChI is InChI=1S/C13H28N2O2/c1-5-15(10-11-17-6-2)13(16)8-7-9-14-12(3)4/h12,14H,5-11H2,1-4H3. The fourth-order valence-corrected chi connectivity index (χ4v) is 1.57. The highest BCUT2D eigenvalue weighted by molar-refractivity contribution is 5.76. The van der Waals surface area contributed by atoms with Crippen LogP contribution in [0.1, 0.15) is 40.5 Å². The zero-order chi connectivity index (χ0) is 13.1. The summed E-state index contributed by atoms with van der Waals surface area (Å²) in [4.78, 5) is 13.7. The van der Waals surface area contributed by atoms with Crippen LogP contribution >= 0.6 is 0 Å². The zero-order valence-electron chi connectivity index (χ0n) is 11.8. The number of hydrogen-bond donors (Lipinski definition) is 1. The fraction of sp³-hybridized carbons (Fsp3) is 0.923. The van der Waals surface area contributed by atoms with E-state index in [-0.39, 0.29) is 5.91 Å². The summed E-state index contributed by atoms with van der Waals surface area (Å²) in [6.07, 6.45) is 1.53. The maximum Gasteiger partial charge on any atom is 0.222 e. The van der Waals surface area contributed by atoms with Gasteiger partial charge in [-0.15, -0.1) is 0 Å². The molecular weight excluding hydrogens is 216 g/mol. The molecule has 102 valence electrons. The molecule has 0 aliphatic heterocycles. The maximum absolute atomic E-state index is 11.9. The normalized spacial score (nSPS) is 10.9. The van der Waals surface area contributed by atoms with Crippen molar-refractivity contribution in [1.82, 2.24) is 10.2 Å². The van der Waals surface area contributed by atoms with Gasteiger partial charge in [-0.05, 0) is 26.8 Å². The first-order valence-electron chi connectivity index (χ1n) is 6.70. The molecule has 0 aliphatic rings. The molecule has 0 saturated heterocycles. The summed E-state index contributed by atoms with van der Waals surface area (Å²) in [5, 5.41) is 3.31. The molecule has 0 spiro atoms. The number of nitrogens with zero attached hydrogens (tertiary/aromatic N) is 1. The Morgan fingerprint density at radius 2 is 2.06 bits per heavy atom. The summed E-state index contributed by atoms with van der Waals surface area (Å²) in [5.74, 6) is 0.234. The first-order chi connectivity index (χ1) is 8.11. The molecule has 0 rings (SSSR count). The lowest BCUT2D eigenvalue weighted by Gasteiger charge is -2.20. The van der Waals surface area contributed by atoms with Crippen molar-refractivity contribution in [2.24, 2.45) is 0 Å². The van der Waals surface area contributed by atoms with Crippen LogP contribution in [0.4, 0.5) is 0 Å². The van der Waals surface area contributed by atoms with E-state index < -0.39 is 0 Å². The number of carbonyl (C=O) groups excluding carboxylic acids is 1. The Hall–Kier alpha value is -0.610. The number of rotatable bonds is 10. The van der Waals surface area contributed by atoms with Gasteiger partial charge in [0.1, 0.15) is 0 Å². The van der Waals surface area contributed by atoms with Gasteiger partial charge in [0.25, 0.3) is 0 Å². The van der Waals surface area contributed by atoms with Crippen molar-refractivity contribution < 1.29 is 9.53 Å². The zero-order valence-corrected chi connectivity index (χ0v) is 11.8. The summed E-state index contributed by atoms with van der Waals surface area (Å²) in [6.45, 7) is 11.9. The Labute approximate surface area is 106 Å². The molecule has 0 aromatic carbocycles. The molecule has 17 heavy (non-hydrogen) atoms. The molecule has 1 amide bonds. The van der Waals surface area contributed by atoms with Crippen molar-refractivity contribution in [3.8, 4) is 0 Å². The third-order valence-electron chi connectivity index (χ3n) is 2.56. The predicted octanol–water partition coefficient (Wildman–Crippen LogP) is 1.65. The molecule has 0 fully saturated rings. The number of carbonyl (C=O) groups is 1. The molecule has 0 aliphatic carbocycles. The molecule has 0 radical (unpaired) electrons. The molecule has 0 atom stereocenters. The molecule has 1 N–H and O–H groups in total. The van der Waals surface area contributed by atoms with Gasteiger partial charge in [-0.2, -0.15) is 0 Å². The molecule has 0 saturated carbocycles. The SMILES string of the molecule is CCOCCN(CC)C(=O)CCCNC(C)C. The molecule has 4 nitrogen and oxygen atoms in total. The number of amides is 1. The van der Waals surface area contributed by atoms with E-state index >= 15 is 0 Å². The molecule has 0 heterocycles.